The number of hydrogen-bond donors (Lipinski definition) is 0. The van der Waals surface area contributed by atoms with Gasteiger partial charge in [-0.1, -0.05) is 0 Å². The van der Waals surface area contributed by atoms with Crippen LogP contribution >= 0.6 is 57.2 Å². The van der Waals surface area contributed by atoms with E-state index in [2.05, 4.69) is 0 Å². The van der Waals surface area contributed by atoms with Crippen molar-refractivity contribution in [3.63, 3.8) is 0 Å². The third-order valence-electron chi connectivity index (χ3n) is 0. The molecule has 0 saturated heterocycles. The van der Waals surface area contributed by atoms with E-state index in [1.807, 2.05) is 0 Å². The topological polar surface area (TPSA) is 0 Å². The molecule has 0 aromatic rings. The molecule has 53 valence electrons. The van der Waals surface area contributed by atoms with Gasteiger partial charge >= 0.3 is 64.1 Å². The van der Waals surface area contributed by atoms with E-state index in [9.17, 15) is 0 Å². The first kappa shape index (κ1) is 9.40. The Bertz CT molecular complexity index is 62.7. The van der Waals surface area contributed by atoms with E-state index in [1.54, 1.807) is 0 Å². The molecule has 0 heterocycles. The predicted molar refractivity (Wildman–Crippen MR) is 35.1 cm³/mol. The van der Waals surface area contributed by atoms with E-state index in [4.69, 9.17) is 57.2 Å². The van der Waals surface area contributed by atoms with Crippen molar-refractivity contribution in [1.29, 1.82) is 0 Å². The zero-order chi connectivity index (χ0) is 6.41. The Kier molecular flexibility index (Phi) is 2.04. The molecule has 0 amide bonds. The fourth-order valence-corrected chi connectivity index (χ4v) is 0. The van der Waals surface area contributed by atoms with Gasteiger partial charge in [-0.3, -0.25) is 0 Å². The van der Waals surface area contributed by atoms with Gasteiger partial charge in [-0.15, -0.1) is 0 Å². The molecule has 0 saturated carbocycles. The van der Waals surface area contributed by atoms with Crippen LogP contribution < -0.4 is 0 Å². The van der Waals surface area contributed by atoms with Crippen LogP contribution in [0.3, 0.4) is 0 Å². The molecular formula is Cl6Re-4. The Hall–Kier alpha value is 2.40. The zero-order valence-electron chi connectivity index (χ0n) is 2.65. The summed E-state index contributed by atoms with van der Waals surface area (Å²) in [6.45, 7) is -5.43. The van der Waals surface area contributed by atoms with Gasteiger partial charge in [-0.25, -0.2) is 0 Å². The molecule has 0 rings (SSSR count). The molecule has 0 radical (unpaired) electrons. The molecule has 0 spiro atoms. The SMILES string of the molecule is [Cl][Re-4]([Cl])([Cl])([Cl])([Cl])[Cl]. The Morgan fingerprint density at radius 2 is 0.571 bits per heavy atom. The molecule has 0 aliphatic heterocycles. The molecule has 0 aromatic carbocycles. The summed E-state index contributed by atoms with van der Waals surface area (Å²) in [4.78, 5) is 0. The molecule has 0 N–H and O–H groups in total. The van der Waals surface area contributed by atoms with Crippen LogP contribution in [-0.2, 0) is 6.97 Å². The van der Waals surface area contributed by atoms with Crippen molar-refractivity contribution in [3.05, 3.63) is 0 Å². The van der Waals surface area contributed by atoms with Crippen molar-refractivity contribution in [2.75, 3.05) is 0 Å². The van der Waals surface area contributed by atoms with Crippen LogP contribution in [-0.4, -0.2) is 0 Å². The van der Waals surface area contributed by atoms with Crippen molar-refractivity contribution in [1.82, 2.24) is 0 Å². The van der Waals surface area contributed by atoms with Crippen LogP contribution in [0.4, 0.5) is 0 Å². The van der Waals surface area contributed by atoms with E-state index < -0.39 is 6.97 Å². The number of hydrogen-bond acceptors (Lipinski definition) is 0. The Labute approximate surface area is 63.3 Å². The third kappa shape index (κ3) is 59.7. The Morgan fingerprint density at radius 3 is 0.571 bits per heavy atom. The molecule has 0 unspecified atom stereocenters. The third-order valence-corrected chi connectivity index (χ3v) is 0. The summed E-state index contributed by atoms with van der Waals surface area (Å²) in [5.74, 6) is 0. The van der Waals surface area contributed by atoms with E-state index >= 15 is 0 Å². The fourth-order valence-electron chi connectivity index (χ4n) is 0. The molecule has 0 aliphatic rings. The quantitative estimate of drug-likeness (QED) is 0.575. The fraction of sp³-hybridized carbons (Fsp3) is 0. The molecule has 7 heteroatoms. The van der Waals surface area contributed by atoms with Crippen LogP contribution in [0.5, 0.6) is 0 Å². The Balaban J connectivity index is 4.43. The summed E-state index contributed by atoms with van der Waals surface area (Å²) in [6, 6.07) is 0. The van der Waals surface area contributed by atoms with E-state index in [1.165, 1.54) is 0 Å². The van der Waals surface area contributed by atoms with Crippen LogP contribution in [0.25, 0.3) is 0 Å². The van der Waals surface area contributed by atoms with Crippen LogP contribution in [0.1, 0.15) is 0 Å². The average molecular weight is 399 g/mol. The first-order valence-electron chi connectivity index (χ1n) is 0.857. The monoisotopic (exact) mass is 397 g/mol. The molecule has 0 aliphatic carbocycles. The van der Waals surface area contributed by atoms with Crippen LogP contribution in [0.2, 0.25) is 0 Å². The van der Waals surface area contributed by atoms with Crippen molar-refractivity contribution in [2.45, 2.75) is 0 Å². The van der Waals surface area contributed by atoms with Gasteiger partial charge in [0, 0.05) is 0 Å². The van der Waals surface area contributed by atoms with Crippen molar-refractivity contribution < 1.29 is 6.97 Å². The summed E-state index contributed by atoms with van der Waals surface area (Å²) in [5.41, 5.74) is 0. The normalized spacial score (nSPS) is 23.1. The summed E-state index contributed by atoms with van der Waals surface area (Å²) < 4.78 is 0. The summed E-state index contributed by atoms with van der Waals surface area (Å²) in [6.07, 6.45) is 0. The van der Waals surface area contributed by atoms with Gasteiger partial charge in [0.1, 0.15) is 0 Å². The van der Waals surface area contributed by atoms with Crippen molar-refractivity contribution in [3.8, 4) is 0 Å². The standard InChI is InChI=1S/6ClH.Re/h6*1H;/q;;;;;;+2/p-6. The summed E-state index contributed by atoms with van der Waals surface area (Å²) in [5, 5.41) is 0. The van der Waals surface area contributed by atoms with Gasteiger partial charge in [0.15, 0.2) is 0 Å². The second-order valence-corrected chi connectivity index (χ2v) is 59.7. The molecule has 0 nitrogen and oxygen atoms in total. The first-order chi connectivity index (χ1) is 2.45. The number of halogens is 6. The van der Waals surface area contributed by atoms with Gasteiger partial charge in [-0.2, -0.15) is 0 Å². The van der Waals surface area contributed by atoms with Gasteiger partial charge in [0.25, 0.3) is 0 Å². The molecule has 0 aromatic heterocycles. The molecule has 0 fully saturated rings. The molecule has 7 heavy (non-hydrogen) atoms. The predicted octanol–water partition coefficient (Wildman–Crippen LogP) is 4.13. The van der Waals surface area contributed by atoms with E-state index in [-0.39, 0.29) is 0 Å². The van der Waals surface area contributed by atoms with Crippen molar-refractivity contribution >= 4 is 57.2 Å². The average Bonchev–Trinajstić information content (AvgIpc) is 0.592. The second kappa shape index (κ2) is 1.52. The van der Waals surface area contributed by atoms with Gasteiger partial charge < -0.3 is 0 Å². The number of rotatable bonds is 0. The molecule has 0 bridgehead atoms. The Morgan fingerprint density at radius 1 is 0.571 bits per heavy atom. The zero-order valence-corrected chi connectivity index (χ0v) is 9.90. The second-order valence-electron chi connectivity index (χ2n) is 0.810. The summed E-state index contributed by atoms with van der Waals surface area (Å²) >= 11 is 0. The van der Waals surface area contributed by atoms with Gasteiger partial charge in [0.05, 0.1) is 0 Å². The minimum atomic E-state index is -5.43. The van der Waals surface area contributed by atoms with E-state index in [0.717, 1.165) is 0 Å². The first-order valence-corrected chi connectivity index (χ1v) is 21.0. The van der Waals surface area contributed by atoms with Gasteiger partial charge in [0.2, 0.25) is 0 Å². The van der Waals surface area contributed by atoms with Crippen LogP contribution in [0, 0.1) is 0 Å². The van der Waals surface area contributed by atoms with E-state index in [0.29, 0.717) is 0 Å². The molecule has 0 atom stereocenters. The van der Waals surface area contributed by atoms with Crippen LogP contribution in [0.15, 0.2) is 0 Å². The van der Waals surface area contributed by atoms with Crippen molar-refractivity contribution in [2.24, 2.45) is 0 Å². The minimum absolute atomic E-state index is 5.06. The maximum atomic E-state index is 5.06. The van der Waals surface area contributed by atoms with Gasteiger partial charge in [-0.05, 0) is 0 Å². The molecular weight excluding hydrogens is 399 g/mol. The summed E-state index contributed by atoms with van der Waals surface area (Å²) in [7, 11) is 30.4. The maximum absolute atomic E-state index is 5.43.